The van der Waals surface area contributed by atoms with Gasteiger partial charge in [0.25, 0.3) is 0 Å². The highest BCUT2D eigenvalue weighted by Gasteiger charge is 2.21. The van der Waals surface area contributed by atoms with E-state index in [4.69, 9.17) is 8.83 Å². The Morgan fingerprint density at radius 2 is 1.04 bits per heavy atom. The first kappa shape index (κ1) is 29.1. The quantitative estimate of drug-likeness (QED) is 0.185. The minimum absolute atomic E-state index is 0.605. The fraction of sp³-hybridized carbons (Fsp3) is 0. The number of fused-ring (bicyclic) bond motifs is 13. The van der Waals surface area contributed by atoms with Crippen molar-refractivity contribution in [1.29, 1.82) is 5.26 Å². The first-order valence-electron chi connectivity index (χ1n) is 18.1. The number of para-hydroxylation sites is 4. The SMILES string of the molecule is N#Cc1cc(-c2ccc(-n3c4ccccc4c4cc5c(cc43)oc3ccccc35)cc2)ccc1-n1c2ccccc2c2c3c(ccc21)oc1ccccc13. The van der Waals surface area contributed by atoms with Crippen molar-refractivity contribution in [2.24, 2.45) is 0 Å². The lowest BCUT2D eigenvalue weighted by atomic mass is 10.0. The molecule has 0 radical (unpaired) electrons. The molecule has 250 valence electrons. The van der Waals surface area contributed by atoms with Crippen molar-refractivity contribution in [2.45, 2.75) is 0 Å². The van der Waals surface area contributed by atoms with Crippen LogP contribution in [0.3, 0.4) is 0 Å². The average molecular weight is 690 g/mol. The topological polar surface area (TPSA) is 59.9 Å². The fourth-order valence-corrected chi connectivity index (χ4v) is 8.80. The van der Waals surface area contributed by atoms with Crippen LogP contribution in [0.2, 0.25) is 0 Å². The Labute approximate surface area is 307 Å². The highest BCUT2D eigenvalue weighted by atomic mass is 16.3. The van der Waals surface area contributed by atoms with Gasteiger partial charge in [-0.15, -0.1) is 0 Å². The predicted molar refractivity (Wildman–Crippen MR) is 220 cm³/mol. The molecule has 12 rings (SSSR count). The molecule has 0 spiro atoms. The van der Waals surface area contributed by atoms with Gasteiger partial charge in [-0.05, 0) is 77.9 Å². The zero-order valence-electron chi connectivity index (χ0n) is 28.7. The largest absolute Gasteiger partial charge is 0.456 e. The number of hydrogen-bond donors (Lipinski definition) is 0. The summed E-state index contributed by atoms with van der Waals surface area (Å²) in [6.45, 7) is 0. The van der Waals surface area contributed by atoms with E-state index in [9.17, 15) is 5.26 Å². The van der Waals surface area contributed by atoms with Gasteiger partial charge in [0.1, 0.15) is 28.4 Å². The molecule has 4 aromatic heterocycles. The molecule has 12 aromatic rings. The molecular weight excluding hydrogens is 663 g/mol. The second-order valence-corrected chi connectivity index (χ2v) is 14.0. The normalized spacial score (nSPS) is 12.1. The second kappa shape index (κ2) is 10.7. The summed E-state index contributed by atoms with van der Waals surface area (Å²) in [7, 11) is 0. The van der Waals surface area contributed by atoms with Crippen molar-refractivity contribution in [2.75, 3.05) is 0 Å². The number of rotatable bonds is 3. The van der Waals surface area contributed by atoms with E-state index in [2.05, 4.69) is 143 Å². The Morgan fingerprint density at radius 3 is 1.83 bits per heavy atom. The zero-order valence-corrected chi connectivity index (χ0v) is 28.7. The predicted octanol–water partition coefficient (Wildman–Crippen LogP) is 13.2. The Balaban J connectivity index is 0.995. The van der Waals surface area contributed by atoms with Gasteiger partial charge in [-0.3, -0.25) is 0 Å². The van der Waals surface area contributed by atoms with Gasteiger partial charge < -0.3 is 18.0 Å². The highest BCUT2D eigenvalue weighted by molar-refractivity contribution is 6.27. The number of nitriles is 1. The van der Waals surface area contributed by atoms with Gasteiger partial charge in [-0.25, -0.2) is 0 Å². The third-order valence-electron chi connectivity index (χ3n) is 11.2. The summed E-state index contributed by atoms with van der Waals surface area (Å²) in [5.74, 6) is 0. The first-order chi connectivity index (χ1) is 26.7. The number of hydrogen-bond acceptors (Lipinski definition) is 3. The van der Waals surface area contributed by atoms with Crippen LogP contribution in [0, 0.1) is 11.3 Å². The molecule has 8 aromatic carbocycles. The Morgan fingerprint density at radius 1 is 0.389 bits per heavy atom. The van der Waals surface area contributed by atoms with Crippen LogP contribution in [-0.2, 0) is 0 Å². The van der Waals surface area contributed by atoms with E-state index >= 15 is 0 Å². The molecule has 4 heterocycles. The summed E-state index contributed by atoms with van der Waals surface area (Å²) >= 11 is 0. The molecule has 5 heteroatoms. The van der Waals surface area contributed by atoms with Crippen molar-refractivity contribution in [3.8, 4) is 28.6 Å². The molecule has 0 amide bonds. The van der Waals surface area contributed by atoms with Crippen LogP contribution < -0.4 is 0 Å². The van der Waals surface area contributed by atoms with E-state index in [-0.39, 0.29) is 0 Å². The monoisotopic (exact) mass is 689 g/mol. The smallest absolute Gasteiger partial charge is 0.137 e. The van der Waals surface area contributed by atoms with Crippen molar-refractivity contribution >= 4 is 87.5 Å². The maximum atomic E-state index is 10.6. The Hall–Kier alpha value is -7.55. The summed E-state index contributed by atoms with van der Waals surface area (Å²) < 4.78 is 17.1. The maximum Gasteiger partial charge on any atom is 0.137 e. The third kappa shape index (κ3) is 3.91. The molecule has 0 saturated heterocycles. The molecule has 0 aliphatic rings. The van der Waals surface area contributed by atoms with Crippen molar-refractivity contribution in [3.05, 3.63) is 169 Å². The lowest BCUT2D eigenvalue weighted by Crippen LogP contribution is -1.98. The number of nitrogens with zero attached hydrogens (tertiary/aromatic N) is 3. The van der Waals surface area contributed by atoms with Crippen LogP contribution in [0.15, 0.2) is 173 Å². The molecule has 5 nitrogen and oxygen atoms in total. The standard InChI is InChI=1S/C49H27N3O2/c50-28-31-25-30(19-22-39(31)52-41-14-6-2-11-35(41)48-42(52)23-24-46-49(48)36-12-4-8-16-45(36)53-46)29-17-20-32(21-18-29)51-40-13-5-1-9-33(40)37-26-38-34-10-3-7-15-44(34)54-47(38)27-43(37)51/h1-27H. The van der Waals surface area contributed by atoms with Gasteiger partial charge in [-0.2, -0.15) is 5.26 Å². The first-order valence-corrected chi connectivity index (χ1v) is 18.1. The van der Waals surface area contributed by atoms with E-state index in [0.717, 1.165) is 99.2 Å². The fourth-order valence-electron chi connectivity index (χ4n) is 8.80. The third-order valence-corrected chi connectivity index (χ3v) is 11.2. The van der Waals surface area contributed by atoms with Crippen LogP contribution >= 0.6 is 0 Å². The molecular formula is C49H27N3O2. The van der Waals surface area contributed by atoms with Gasteiger partial charge in [0.2, 0.25) is 0 Å². The molecule has 0 saturated carbocycles. The lowest BCUT2D eigenvalue weighted by Gasteiger charge is -2.13. The van der Waals surface area contributed by atoms with Crippen LogP contribution in [-0.4, -0.2) is 9.13 Å². The summed E-state index contributed by atoms with van der Waals surface area (Å²) in [6.07, 6.45) is 0. The molecule has 0 aliphatic carbocycles. The molecule has 0 N–H and O–H groups in total. The van der Waals surface area contributed by atoms with Gasteiger partial charge in [0.05, 0.1) is 33.3 Å². The molecule has 0 unspecified atom stereocenters. The highest BCUT2D eigenvalue weighted by Crippen LogP contribution is 2.42. The summed E-state index contributed by atoms with van der Waals surface area (Å²) in [6, 6.07) is 59.4. The minimum atomic E-state index is 0.605. The van der Waals surface area contributed by atoms with Crippen molar-refractivity contribution in [1.82, 2.24) is 9.13 Å². The van der Waals surface area contributed by atoms with Crippen molar-refractivity contribution < 1.29 is 8.83 Å². The molecule has 54 heavy (non-hydrogen) atoms. The number of aromatic nitrogens is 2. The van der Waals surface area contributed by atoms with Crippen molar-refractivity contribution in [3.63, 3.8) is 0 Å². The van der Waals surface area contributed by atoms with Gasteiger partial charge in [-0.1, -0.05) is 91.0 Å². The molecule has 0 bridgehead atoms. The van der Waals surface area contributed by atoms with Gasteiger partial charge in [0, 0.05) is 54.8 Å². The van der Waals surface area contributed by atoms with Crippen LogP contribution in [0.1, 0.15) is 5.56 Å². The van der Waals surface area contributed by atoms with Gasteiger partial charge in [0.15, 0.2) is 0 Å². The summed E-state index contributed by atoms with van der Waals surface area (Å²) in [5.41, 5.74) is 12.3. The summed E-state index contributed by atoms with van der Waals surface area (Å²) in [4.78, 5) is 0. The second-order valence-electron chi connectivity index (χ2n) is 14.0. The minimum Gasteiger partial charge on any atom is -0.456 e. The zero-order chi connectivity index (χ0) is 35.5. The molecule has 0 aliphatic heterocycles. The molecule has 0 fully saturated rings. The van der Waals surface area contributed by atoms with Crippen LogP contribution in [0.25, 0.3) is 110 Å². The van der Waals surface area contributed by atoms with E-state index < -0.39 is 0 Å². The van der Waals surface area contributed by atoms with Crippen LogP contribution in [0.4, 0.5) is 0 Å². The average Bonchev–Trinajstić information content (AvgIpc) is 3.97. The Bertz CT molecular complexity index is 3570. The summed E-state index contributed by atoms with van der Waals surface area (Å²) in [5, 5.41) is 19.7. The molecule has 0 atom stereocenters. The van der Waals surface area contributed by atoms with E-state index in [1.54, 1.807) is 0 Å². The van der Waals surface area contributed by atoms with Crippen LogP contribution in [0.5, 0.6) is 0 Å². The van der Waals surface area contributed by atoms with E-state index in [1.165, 1.54) is 10.8 Å². The number of benzene rings is 8. The van der Waals surface area contributed by atoms with E-state index in [1.807, 2.05) is 36.4 Å². The Kier molecular flexibility index (Phi) is 5.78. The number of furan rings is 2. The maximum absolute atomic E-state index is 10.6. The van der Waals surface area contributed by atoms with E-state index in [0.29, 0.717) is 5.56 Å². The van der Waals surface area contributed by atoms with Gasteiger partial charge >= 0.3 is 0 Å². The lowest BCUT2D eigenvalue weighted by molar-refractivity contribution is 0.669.